The first kappa shape index (κ1) is 21.6. The Balaban J connectivity index is 1.35. The van der Waals surface area contributed by atoms with Gasteiger partial charge in [0.1, 0.15) is 17.8 Å². The molecule has 0 spiro atoms. The van der Waals surface area contributed by atoms with E-state index >= 15 is 0 Å². The Kier molecular flexibility index (Phi) is 5.94. The third-order valence-electron chi connectivity index (χ3n) is 5.80. The molecule has 0 saturated carbocycles. The summed E-state index contributed by atoms with van der Waals surface area (Å²) in [7, 11) is 1.62. The lowest BCUT2D eigenvalue weighted by Crippen LogP contribution is -2.49. The maximum atomic E-state index is 13.1. The van der Waals surface area contributed by atoms with Crippen LogP contribution in [0.2, 0.25) is 0 Å². The predicted octanol–water partition coefficient (Wildman–Crippen LogP) is 2.58. The number of nitrogens with zero attached hydrogens (tertiary/aromatic N) is 7. The van der Waals surface area contributed by atoms with E-state index in [1.807, 2.05) is 60.4 Å². The highest BCUT2D eigenvalue weighted by molar-refractivity contribution is 5.97. The molecule has 34 heavy (non-hydrogen) atoms. The van der Waals surface area contributed by atoms with E-state index in [2.05, 4.69) is 25.2 Å². The van der Waals surface area contributed by atoms with Crippen molar-refractivity contribution < 1.29 is 14.3 Å². The normalized spacial score (nSPS) is 13.8. The average molecular weight is 460 g/mol. The predicted molar refractivity (Wildman–Crippen MR) is 127 cm³/mol. The molecule has 2 aromatic carbocycles. The van der Waals surface area contributed by atoms with Crippen LogP contribution in [0, 0.1) is 0 Å². The van der Waals surface area contributed by atoms with E-state index in [4.69, 9.17) is 9.47 Å². The van der Waals surface area contributed by atoms with Gasteiger partial charge < -0.3 is 19.3 Å². The van der Waals surface area contributed by atoms with Gasteiger partial charge >= 0.3 is 0 Å². The number of hydrogen-bond donors (Lipinski definition) is 0. The zero-order valence-electron chi connectivity index (χ0n) is 19.1. The monoisotopic (exact) mass is 459 g/mol. The number of amides is 1. The highest BCUT2D eigenvalue weighted by Gasteiger charge is 2.27. The molecule has 3 heterocycles. The number of ether oxygens (including phenoxy) is 2. The second kappa shape index (κ2) is 9.34. The maximum Gasteiger partial charge on any atom is 0.257 e. The SMILES string of the molecule is CCOc1ccccc1C(=O)N1CCN(c2ncnc3c2nnn3-c2cccc(OC)c2)CC1. The first-order valence-electron chi connectivity index (χ1n) is 11.2. The van der Waals surface area contributed by atoms with Crippen molar-refractivity contribution in [1.82, 2.24) is 29.9 Å². The minimum Gasteiger partial charge on any atom is -0.497 e. The zero-order chi connectivity index (χ0) is 23.5. The number of rotatable bonds is 6. The molecule has 1 saturated heterocycles. The molecule has 4 aromatic rings. The van der Waals surface area contributed by atoms with Crippen molar-refractivity contribution in [3.63, 3.8) is 0 Å². The number of carbonyl (C=O) groups is 1. The third-order valence-corrected chi connectivity index (χ3v) is 5.80. The van der Waals surface area contributed by atoms with E-state index in [-0.39, 0.29) is 5.91 Å². The second-order valence-electron chi connectivity index (χ2n) is 7.78. The maximum absolute atomic E-state index is 13.1. The summed E-state index contributed by atoms with van der Waals surface area (Å²) in [6.45, 7) is 4.80. The molecule has 10 heteroatoms. The summed E-state index contributed by atoms with van der Waals surface area (Å²) in [5.41, 5.74) is 2.62. The van der Waals surface area contributed by atoms with Gasteiger partial charge in [-0.05, 0) is 31.2 Å². The first-order chi connectivity index (χ1) is 16.7. The van der Waals surface area contributed by atoms with Crippen molar-refractivity contribution in [3.8, 4) is 17.2 Å². The molecule has 1 aliphatic heterocycles. The summed E-state index contributed by atoms with van der Waals surface area (Å²) in [5, 5.41) is 8.68. The van der Waals surface area contributed by atoms with Gasteiger partial charge in [0.2, 0.25) is 0 Å². The summed E-state index contributed by atoms with van der Waals surface area (Å²) in [6.07, 6.45) is 1.52. The van der Waals surface area contributed by atoms with E-state index in [9.17, 15) is 4.79 Å². The van der Waals surface area contributed by atoms with Crippen LogP contribution in [-0.2, 0) is 0 Å². The number of fused-ring (bicyclic) bond motifs is 1. The van der Waals surface area contributed by atoms with Crippen molar-refractivity contribution in [2.24, 2.45) is 0 Å². The molecule has 0 radical (unpaired) electrons. The highest BCUT2D eigenvalue weighted by Crippen LogP contribution is 2.26. The lowest BCUT2D eigenvalue weighted by atomic mass is 10.1. The van der Waals surface area contributed by atoms with Crippen molar-refractivity contribution in [2.75, 3.05) is 44.8 Å². The lowest BCUT2D eigenvalue weighted by Gasteiger charge is -2.35. The van der Waals surface area contributed by atoms with Gasteiger partial charge in [-0.1, -0.05) is 23.4 Å². The van der Waals surface area contributed by atoms with Gasteiger partial charge in [0.05, 0.1) is 25.0 Å². The summed E-state index contributed by atoms with van der Waals surface area (Å²) in [6, 6.07) is 14.9. The number of carbonyl (C=O) groups excluding carboxylic acids is 1. The summed E-state index contributed by atoms with van der Waals surface area (Å²) in [4.78, 5) is 26.0. The number of hydrogen-bond acceptors (Lipinski definition) is 8. The molecule has 10 nitrogen and oxygen atoms in total. The van der Waals surface area contributed by atoms with E-state index < -0.39 is 0 Å². The standard InChI is InChI=1S/C24H25N7O3/c1-3-34-20-10-5-4-9-19(20)24(32)30-13-11-29(12-14-30)22-21-23(26-16-25-22)31(28-27-21)17-7-6-8-18(15-17)33-2/h4-10,15-16H,3,11-14H2,1-2H3. The van der Waals surface area contributed by atoms with Gasteiger partial charge in [-0.15, -0.1) is 5.10 Å². The van der Waals surface area contributed by atoms with Crippen LogP contribution in [0.4, 0.5) is 5.82 Å². The molecule has 0 unspecified atom stereocenters. The quantitative estimate of drug-likeness (QED) is 0.434. The minimum absolute atomic E-state index is 0.0273. The number of benzene rings is 2. The fourth-order valence-electron chi connectivity index (χ4n) is 4.10. The Bertz CT molecular complexity index is 1310. The average Bonchev–Trinajstić information content (AvgIpc) is 3.33. The zero-order valence-corrected chi connectivity index (χ0v) is 19.1. The van der Waals surface area contributed by atoms with Crippen LogP contribution < -0.4 is 14.4 Å². The van der Waals surface area contributed by atoms with Crippen LogP contribution in [0.3, 0.4) is 0 Å². The fraction of sp³-hybridized carbons (Fsp3) is 0.292. The van der Waals surface area contributed by atoms with Crippen LogP contribution in [0.5, 0.6) is 11.5 Å². The Morgan fingerprint density at radius 1 is 1.03 bits per heavy atom. The van der Waals surface area contributed by atoms with Crippen LogP contribution in [0.1, 0.15) is 17.3 Å². The first-order valence-corrected chi connectivity index (χ1v) is 11.2. The number of piperazine rings is 1. The van der Waals surface area contributed by atoms with Gasteiger partial charge in [0.15, 0.2) is 17.0 Å². The number of para-hydroxylation sites is 1. The molecule has 1 fully saturated rings. The number of aromatic nitrogens is 5. The van der Waals surface area contributed by atoms with E-state index in [0.29, 0.717) is 61.1 Å². The Morgan fingerprint density at radius 3 is 2.65 bits per heavy atom. The van der Waals surface area contributed by atoms with Crippen LogP contribution >= 0.6 is 0 Å². The molecule has 1 amide bonds. The Labute approximate surface area is 196 Å². The van der Waals surface area contributed by atoms with Crippen LogP contribution in [0.15, 0.2) is 54.9 Å². The van der Waals surface area contributed by atoms with Crippen molar-refractivity contribution in [1.29, 1.82) is 0 Å². The largest absolute Gasteiger partial charge is 0.497 e. The molecule has 0 aliphatic carbocycles. The molecular formula is C24H25N7O3. The molecule has 0 atom stereocenters. The van der Waals surface area contributed by atoms with Crippen molar-refractivity contribution in [2.45, 2.75) is 6.92 Å². The van der Waals surface area contributed by atoms with Crippen LogP contribution in [0.25, 0.3) is 16.9 Å². The number of anilines is 1. The topological polar surface area (TPSA) is 98.5 Å². The van der Waals surface area contributed by atoms with E-state index in [1.54, 1.807) is 11.8 Å². The smallest absolute Gasteiger partial charge is 0.257 e. The molecule has 0 bridgehead atoms. The van der Waals surface area contributed by atoms with E-state index in [1.165, 1.54) is 6.33 Å². The molecular weight excluding hydrogens is 434 g/mol. The van der Waals surface area contributed by atoms with Crippen LogP contribution in [-0.4, -0.2) is 75.7 Å². The molecule has 5 rings (SSSR count). The Morgan fingerprint density at radius 2 is 1.85 bits per heavy atom. The molecule has 1 aliphatic rings. The summed E-state index contributed by atoms with van der Waals surface area (Å²) < 4.78 is 12.6. The minimum atomic E-state index is -0.0273. The molecule has 2 aromatic heterocycles. The Hall–Kier alpha value is -4.21. The van der Waals surface area contributed by atoms with Gasteiger partial charge in [-0.25, -0.2) is 9.97 Å². The summed E-state index contributed by atoms with van der Waals surface area (Å²) in [5.74, 6) is 2.02. The molecule has 174 valence electrons. The third kappa shape index (κ3) is 3.98. The van der Waals surface area contributed by atoms with Crippen molar-refractivity contribution in [3.05, 3.63) is 60.4 Å². The van der Waals surface area contributed by atoms with Gasteiger partial charge in [-0.3, -0.25) is 4.79 Å². The summed E-state index contributed by atoms with van der Waals surface area (Å²) >= 11 is 0. The fourth-order valence-corrected chi connectivity index (χ4v) is 4.10. The number of methoxy groups -OCH3 is 1. The second-order valence-corrected chi connectivity index (χ2v) is 7.78. The molecule has 0 N–H and O–H groups in total. The van der Waals surface area contributed by atoms with Gasteiger partial charge in [0.25, 0.3) is 5.91 Å². The van der Waals surface area contributed by atoms with Gasteiger partial charge in [0, 0.05) is 32.2 Å². The van der Waals surface area contributed by atoms with Crippen molar-refractivity contribution >= 4 is 22.9 Å². The highest BCUT2D eigenvalue weighted by atomic mass is 16.5. The lowest BCUT2D eigenvalue weighted by molar-refractivity contribution is 0.0742. The van der Waals surface area contributed by atoms with Gasteiger partial charge in [-0.2, -0.15) is 4.68 Å². The van der Waals surface area contributed by atoms with E-state index in [0.717, 1.165) is 11.4 Å².